The first kappa shape index (κ1) is 32.0. The Bertz CT molecular complexity index is 865. The summed E-state index contributed by atoms with van der Waals surface area (Å²) in [5.74, 6) is -1.40. The van der Waals surface area contributed by atoms with Gasteiger partial charge in [0.1, 0.15) is 8.24 Å². The minimum absolute atomic E-state index is 0.0621. The van der Waals surface area contributed by atoms with Crippen LogP contribution in [0.3, 0.4) is 0 Å². The fourth-order valence-corrected chi connectivity index (χ4v) is 12.2. The van der Waals surface area contributed by atoms with Gasteiger partial charge in [-0.05, 0) is 41.3 Å². The molecule has 0 radical (unpaired) electrons. The van der Waals surface area contributed by atoms with E-state index in [2.05, 4.69) is 93.5 Å². The Balaban J connectivity index is 3.40. The van der Waals surface area contributed by atoms with Crippen molar-refractivity contribution in [3.63, 3.8) is 0 Å². The van der Waals surface area contributed by atoms with Gasteiger partial charge in [0, 0.05) is 12.8 Å². The van der Waals surface area contributed by atoms with E-state index in [0.29, 0.717) is 0 Å². The van der Waals surface area contributed by atoms with Crippen LogP contribution in [0.25, 0.3) is 0 Å². The highest BCUT2D eigenvalue weighted by Gasteiger charge is 2.74. The zero-order valence-electron chi connectivity index (χ0n) is 24.8. The summed E-state index contributed by atoms with van der Waals surface area (Å²) in [6, 6.07) is 0. The number of ketones is 1. The normalized spacial score (nSPS) is 24.6. The second kappa shape index (κ2) is 9.05. The molecule has 0 saturated heterocycles. The van der Waals surface area contributed by atoms with Gasteiger partial charge in [0.15, 0.2) is 18.7 Å². The van der Waals surface area contributed by atoms with E-state index in [1.54, 1.807) is 6.66 Å². The second-order valence-electron chi connectivity index (χ2n) is 14.9. The standard InChI is InChI=1S/C24H52NO5PSi3/c1-21(2,3)32(11,12)25-24(20(27)29-33(13,14)22(4,5)6)18(19(24)26)17-31(10,28)30-34(15,16)23(7,8)9/h18,25H,17H2,1-16H3. The van der Waals surface area contributed by atoms with Gasteiger partial charge in [0.25, 0.3) is 8.32 Å². The molecule has 3 unspecified atom stereocenters. The van der Waals surface area contributed by atoms with E-state index in [-0.39, 0.29) is 27.1 Å². The summed E-state index contributed by atoms with van der Waals surface area (Å²) in [7, 11) is -10.2. The molecule has 1 fully saturated rings. The van der Waals surface area contributed by atoms with Crippen LogP contribution < -0.4 is 4.98 Å². The molecule has 3 atom stereocenters. The third-order valence-electron chi connectivity index (χ3n) is 8.75. The van der Waals surface area contributed by atoms with Crippen LogP contribution in [0.15, 0.2) is 0 Å². The van der Waals surface area contributed by atoms with Gasteiger partial charge < -0.3 is 13.6 Å². The van der Waals surface area contributed by atoms with E-state index in [9.17, 15) is 14.2 Å². The maximum atomic E-state index is 13.8. The number of carbonyl (C=O) groups excluding carboxylic acids is 2. The smallest absolute Gasteiger partial charge is 0.321 e. The second-order valence-corrected chi connectivity index (χ2v) is 32.3. The van der Waals surface area contributed by atoms with Gasteiger partial charge in [-0.3, -0.25) is 14.2 Å². The molecule has 0 heterocycles. The van der Waals surface area contributed by atoms with Crippen LogP contribution in [0.2, 0.25) is 54.4 Å². The summed E-state index contributed by atoms with van der Waals surface area (Å²) in [6.07, 6.45) is 0.0621. The van der Waals surface area contributed by atoms with Gasteiger partial charge in [-0.25, -0.2) is 0 Å². The molecule has 6 nitrogen and oxygen atoms in total. The summed E-state index contributed by atoms with van der Waals surface area (Å²) >= 11 is 0. The summed E-state index contributed by atoms with van der Waals surface area (Å²) in [6.45, 7) is 32.9. The van der Waals surface area contributed by atoms with Crippen molar-refractivity contribution in [2.45, 2.75) is 122 Å². The van der Waals surface area contributed by atoms with Crippen molar-refractivity contribution in [3.8, 4) is 0 Å². The van der Waals surface area contributed by atoms with Crippen molar-refractivity contribution in [2.24, 2.45) is 5.92 Å². The number of Topliss-reactive ketones (excluding diaryl/α,β-unsaturated/α-hetero) is 1. The Morgan fingerprint density at radius 3 is 1.65 bits per heavy atom. The van der Waals surface area contributed by atoms with Gasteiger partial charge in [0.05, 0.1) is 5.92 Å². The number of nitrogens with one attached hydrogen (secondary N) is 1. The molecule has 10 heteroatoms. The van der Waals surface area contributed by atoms with Gasteiger partial charge in [-0.2, -0.15) is 0 Å². The maximum absolute atomic E-state index is 13.8. The molecule has 1 saturated carbocycles. The van der Waals surface area contributed by atoms with E-state index in [4.69, 9.17) is 8.64 Å². The third-order valence-corrected chi connectivity index (χ3v) is 25.8. The molecule has 1 aliphatic rings. The van der Waals surface area contributed by atoms with Crippen LogP contribution in [0.1, 0.15) is 62.3 Å². The summed E-state index contributed by atoms with van der Waals surface area (Å²) in [5.41, 5.74) is -1.43. The van der Waals surface area contributed by atoms with Gasteiger partial charge in [-0.15, -0.1) is 0 Å². The van der Waals surface area contributed by atoms with Crippen molar-refractivity contribution in [1.82, 2.24) is 4.98 Å². The Morgan fingerprint density at radius 1 is 0.882 bits per heavy atom. The lowest BCUT2D eigenvalue weighted by Gasteiger charge is -2.42. The molecule has 0 aromatic rings. The van der Waals surface area contributed by atoms with Crippen molar-refractivity contribution in [3.05, 3.63) is 0 Å². The number of rotatable bonds is 8. The molecule has 0 spiro atoms. The van der Waals surface area contributed by atoms with Crippen molar-refractivity contribution in [2.75, 3.05) is 12.8 Å². The predicted molar refractivity (Wildman–Crippen MR) is 152 cm³/mol. The summed E-state index contributed by atoms with van der Waals surface area (Å²) in [5, 5.41) is -0.387. The zero-order chi connectivity index (χ0) is 27.6. The zero-order valence-corrected chi connectivity index (χ0v) is 28.7. The average Bonchev–Trinajstić information content (AvgIpc) is 3.04. The molecule has 1 aliphatic carbocycles. The largest absolute Gasteiger partial charge is 0.517 e. The van der Waals surface area contributed by atoms with Crippen LogP contribution >= 0.6 is 7.37 Å². The van der Waals surface area contributed by atoms with Crippen LogP contribution in [-0.2, 0) is 22.8 Å². The Morgan fingerprint density at radius 2 is 1.29 bits per heavy atom. The van der Waals surface area contributed by atoms with Crippen LogP contribution in [0.5, 0.6) is 0 Å². The van der Waals surface area contributed by atoms with E-state index >= 15 is 0 Å². The lowest BCUT2D eigenvalue weighted by Crippen LogP contribution is -2.63. The highest BCUT2D eigenvalue weighted by molar-refractivity contribution is 7.59. The number of carbonyl (C=O) groups is 2. The van der Waals surface area contributed by atoms with Crippen LogP contribution in [0, 0.1) is 5.92 Å². The molecule has 0 aromatic heterocycles. The topological polar surface area (TPSA) is 81.7 Å². The van der Waals surface area contributed by atoms with Crippen molar-refractivity contribution >= 4 is 44.0 Å². The average molecular weight is 550 g/mol. The van der Waals surface area contributed by atoms with E-state index in [0.717, 1.165) is 0 Å². The van der Waals surface area contributed by atoms with Gasteiger partial charge in [-0.1, -0.05) is 75.4 Å². The summed E-state index contributed by atoms with van der Waals surface area (Å²) in [4.78, 5) is 30.8. The Labute approximate surface area is 212 Å². The quantitative estimate of drug-likeness (QED) is 0.199. The molecule has 0 aromatic carbocycles. The maximum Gasteiger partial charge on any atom is 0.321 e. The van der Waals surface area contributed by atoms with Gasteiger partial charge >= 0.3 is 5.97 Å². The molecule has 0 amide bonds. The molecular formula is C24H52NO5PSi3. The molecule has 200 valence electrons. The van der Waals surface area contributed by atoms with Crippen molar-refractivity contribution in [1.29, 1.82) is 0 Å². The fraction of sp³-hybridized carbons (Fsp3) is 0.917. The molecule has 1 rings (SSSR count). The van der Waals surface area contributed by atoms with Gasteiger partial charge in [0.2, 0.25) is 8.32 Å². The van der Waals surface area contributed by atoms with E-state index < -0.39 is 49.7 Å². The van der Waals surface area contributed by atoms with Crippen molar-refractivity contribution < 1.29 is 22.8 Å². The molecule has 1 N–H and O–H groups in total. The predicted octanol–water partition coefficient (Wildman–Crippen LogP) is 7.00. The molecular weight excluding hydrogens is 497 g/mol. The lowest BCUT2D eigenvalue weighted by molar-refractivity contribution is -0.140. The van der Waals surface area contributed by atoms with E-state index in [1.807, 2.05) is 13.1 Å². The minimum Gasteiger partial charge on any atom is -0.517 e. The van der Waals surface area contributed by atoms with E-state index in [1.165, 1.54) is 0 Å². The molecule has 0 bridgehead atoms. The SMILES string of the molecule is CC(C)(C)[Si](C)(C)NC1(C(=O)O[Si](C)(C)C(C)(C)C)C(=O)C1CP(C)(=O)O[Si](C)(C)C(C)(C)C. The third kappa shape index (κ3) is 6.43. The molecule has 34 heavy (non-hydrogen) atoms. The Kier molecular flexibility index (Phi) is 8.51. The highest BCUT2D eigenvalue weighted by Crippen LogP contribution is 2.58. The first-order valence-electron chi connectivity index (χ1n) is 12.4. The number of hydrogen-bond acceptors (Lipinski definition) is 6. The number of hydrogen-bond donors (Lipinski definition) is 1. The fourth-order valence-electron chi connectivity index (χ4n) is 3.16. The first-order chi connectivity index (χ1) is 14.5. The van der Waals surface area contributed by atoms with Crippen LogP contribution in [-0.4, -0.2) is 55.0 Å². The monoisotopic (exact) mass is 549 g/mol. The Hall–Kier alpha value is -0.0594. The highest BCUT2D eigenvalue weighted by atomic mass is 31.2. The minimum atomic E-state index is -3.13. The first-order valence-corrected chi connectivity index (χ1v) is 23.5. The lowest BCUT2D eigenvalue weighted by atomic mass is 10.2. The molecule has 0 aliphatic heterocycles. The van der Waals surface area contributed by atoms with Crippen LogP contribution in [0.4, 0.5) is 0 Å². The summed E-state index contributed by atoms with van der Waals surface area (Å²) < 4.78 is 26.2.